The summed E-state index contributed by atoms with van der Waals surface area (Å²) in [6, 6.07) is 0. The van der Waals surface area contributed by atoms with E-state index in [1.807, 2.05) is 0 Å². The molecule has 0 radical (unpaired) electrons. The molecule has 21 heavy (non-hydrogen) atoms. The third kappa shape index (κ3) is 5.12. The van der Waals surface area contributed by atoms with Crippen molar-refractivity contribution in [3.8, 4) is 0 Å². The summed E-state index contributed by atoms with van der Waals surface area (Å²) in [4.78, 5) is 18.4. The van der Waals surface area contributed by atoms with Crippen LogP contribution in [0.1, 0.15) is 26.2 Å². The van der Waals surface area contributed by atoms with Crippen LogP contribution in [0.5, 0.6) is 0 Å². The minimum atomic E-state index is 0. The molecule has 1 amide bonds. The van der Waals surface area contributed by atoms with E-state index >= 15 is 0 Å². The van der Waals surface area contributed by atoms with Crippen molar-refractivity contribution in [2.45, 2.75) is 26.2 Å². The number of likely N-dealkylation sites (tertiary alicyclic amines) is 1. The van der Waals surface area contributed by atoms with Crippen LogP contribution in [0.2, 0.25) is 0 Å². The monoisotopic (exact) mass is 470 g/mol. The minimum absolute atomic E-state index is 0. The van der Waals surface area contributed by atoms with Gasteiger partial charge < -0.3 is 15.5 Å². The molecule has 120 valence electrons. The van der Waals surface area contributed by atoms with Gasteiger partial charge in [0.15, 0.2) is 5.96 Å². The summed E-state index contributed by atoms with van der Waals surface area (Å²) < 4.78 is 0.873. The van der Waals surface area contributed by atoms with Crippen molar-refractivity contribution in [3.05, 3.63) is 11.1 Å². The lowest BCUT2D eigenvalue weighted by molar-refractivity contribution is -0.119. The van der Waals surface area contributed by atoms with E-state index in [0.717, 1.165) is 49.5 Å². The molecule has 0 aromatic rings. The molecule has 2 N–H and O–H groups in total. The lowest BCUT2D eigenvalue weighted by Gasteiger charge is -2.40. The Labute approximate surface area is 152 Å². The number of aliphatic imine (C=N–C) groups is 1. The summed E-state index contributed by atoms with van der Waals surface area (Å²) in [6.07, 6.45) is 2.87. The van der Waals surface area contributed by atoms with Gasteiger partial charge in [-0.1, -0.05) is 22.5 Å². The van der Waals surface area contributed by atoms with Crippen LogP contribution in [0.4, 0.5) is 0 Å². The van der Waals surface area contributed by atoms with Crippen molar-refractivity contribution in [1.82, 2.24) is 15.5 Å². The molecular formula is C14H24BrIN4O. The standard InChI is InChI=1S/C14H23BrN4O.HI/c1-3-16-13(17-8-11(2)15)19-6-4-5-14(10-19)7-12(20)18-9-14;/h2-10H2,1H3,(H,16,17)(H,18,20);1H. The zero-order valence-corrected chi connectivity index (χ0v) is 16.4. The second-order valence-corrected chi connectivity index (χ2v) is 6.79. The average Bonchev–Trinajstić information content (AvgIpc) is 2.75. The Morgan fingerprint density at radius 3 is 2.95 bits per heavy atom. The Morgan fingerprint density at radius 1 is 1.62 bits per heavy atom. The largest absolute Gasteiger partial charge is 0.357 e. The summed E-state index contributed by atoms with van der Waals surface area (Å²) in [5.41, 5.74) is 0.0942. The van der Waals surface area contributed by atoms with Gasteiger partial charge in [-0.2, -0.15) is 0 Å². The van der Waals surface area contributed by atoms with E-state index in [0.29, 0.717) is 13.0 Å². The molecular weight excluding hydrogens is 447 g/mol. The zero-order chi connectivity index (χ0) is 14.6. The van der Waals surface area contributed by atoms with Gasteiger partial charge in [-0.3, -0.25) is 4.79 Å². The normalized spacial score (nSPS) is 25.5. The molecule has 7 heteroatoms. The van der Waals surface area contributed by atoms with Crippen molar-refractivity contribution in [1.29, 1.82) is 0 Å². The second kappa shape index (κ2) is 8.36. The molecule has 5 nitrogen and oxygen atoms in total. The van der Waals surface area contributed by atoms with Gasteiger partial charge in [0.2, 0.25) is 5.91 Å². The lowest BCUT2D eigenvalue weighted by Crippen LogP contribution is -2.51. The molecule has 1 spiro atoms. The second-order valence-electron chi connectivity index (χ2n) is 5.67. The van der Waals surface area contributed by atoms with Gasteiger partial charge in [0, 0.05) is 42.5 Å². The maximum atomic E-state index is 11.5. The number of hydrogen-bond acceptors (Lipinski definition) is 2. The van der Waals surface area contributed by atoms with E-state index in [-0.39, 0.29) is 35.3 Å². The van der Waals surface area contributed by atoms with Crippen molar-refractivity contribution < 1.29 is 4.79 Å². The zero-order valence-electron chi connectivity index (χ0n) is 12.5. The Bertz CT molecular complexity index is 429. The summed E-state index contributed by atoms with van der Waals surface area (Å²) in [7, 11) is 0. The topological polar surface area (TPSA) is 56.7 Å². The maximum Gasteiger partial charge on any atom is 0.220 e. The van der Waals surface area contributed by atoms with Crippen molar-refractivity contribution >= 4 is 51.8 Å². The van der Waals surface area contributed by atoms with Crippen LogP contribution in [0.25, 0.3) is 0 Å². The van der Waals surface area contributed by atoms with Crippen LogP contribution in [0, 0.1) is 5.41 Å². The molecule has 0 bridgehead atoms. The highest BCUT2D eigenvalue weighted by Crippen LogP contribution is 2.35. The summed E-state index contributed by atoms with van der Waals surface area (Å²) in [5.74, 6) is 1.11. The number of piperidine rings is 1. The Morgan fingerprint density at radius 2 is 2.38 bits per heavy atom. The molecule has 2 heterocycles. The van der Waals surface area contributed by atoms with E-state index in [2.05, 4.69) is 50.0 Å². The van der Waals surface area contributed by atoms with E-state index in [1.54, 1.807) is 0 Å². The van der Waals surface area contributed by atoms with E-state index < -0.39 is 0 Å². The summed E-state index contributed by atoms with van der Waals surface area (Å²) in [5, 5.41) is 6.31. The summed E-state index contributed by atoms with van der Waals surface area (Å²) in [6.45, 7) is 9.99. The number of nitrogens with zero attached hydrogens (tertiary/aromatic N) is 2. The molecule has 2 rings (SSSR count). The number of halogens is 2. The van der Waals surface area contributed by atoms with Crippen LogP contribution in [-0.2, 0) is 4.79 Å². The number of nitrogens with one attached hydrogen (secondary N) is 2. The first-order valence-corrected chi connectivity index (χ1v) is 7.97. The average molecular weight is 471 g/mol. The molecule has 1 atom stereocenters. The third-order valence-electron chi connectivity index (χ3n) is 3.89. The van der Waals surface area contributed by atoms with Crippen LogP contribution < -0.4 is 10.6 Å². The highest BCUT2D eigenvalue weighted by molar-refractivity contribution is 14.0. The first kappa shape index (κ1) is 18.7. The molecule has 2 aliphatic heterocycles. The first-order valence-electron chi connectivity index (χ1n) is 7.18. The van der Waals surface area contributed by atoms with Gasteiger partial charge in [0.1, 0.15) is 0 Å². The number of rotatable bonds is 3. The Hall–Kier alpha value is -0.310. The maximum absolute atomic E-state index is 11.5. The fourth-order valence-electron chi connectivity index (χ4n) is 3.02. The SMILES string of the molecule is C=C(Br)CN=C(NCC)N1CCCC2(CNC(=O)C2)C1.I. The number of hydrogen-bond donors (Lipinski definition) is 2. The first-order chi connectivity index (χ1) is 9.54. The fraction of sp³-hybridized carbons (Fsp3) is 0.714. The summed E-state index contributed by atoms with van der Waals surface area (Å²) >= 11 is 3.34. The third-order valence-corrected chi connectivity index (χ3v) is 4.14. The van der Waals surface area contributed by atoms with Gasteiger partial charge in [0.05, 0.1) is 6.54 Å². The van der Waals surface area contributed by atoms with Crippen molar-refractivity contribution in [3.63, 3.8) is 0 Å². The molecule has 0 aromatic heterocycles. The van der Waals surface area contributed by atoms with Gasteiger partial charge in [-0.15, -0.1) is 24.0 Å². The van der Waals surface area contributed by atoms with Gasteiger partial charge in [-0.25, -0.2) is 4.99 Å². The number of amides is 1. The quantitative estimate of drug-likeness (QED) is 0.377. The lowest BCUT2D eigenvalue weighted by atomic mass is 9.79. The highest BCUT2D eigenvalue weighted by atomic mass is 127. The highest BCUT2D eigenvalue weighted by Gasteiger charge is 2.42. The van der Waals surface area contributed by atoms with Crippen LogP contribution in [-0.4, -0.2) is 49.5 Å². The van der Waals surface area contributed by atoms with Gasteiger partial charge in [-0.05, 0) is 19.8 Å². The van der Waals surface area contributed by atoms with E-state index in [1.165, 1.54) is 0 Å². The smallest absolute Gasteiger partial charge is 0.220 e. The van der Waals surface area contributed by atoms with Gasteiger partial charge in [0.25, 0.3) is 0 Å². The minimum Gasteiger partial charge on any atom is -0.357 e. The number of guanidine groups is 1. The van der Waals surface area contributed by atoms with Crippen LogP contribution in [0.3, 0.4) is 0 Å². The number of carbonyl (C=O) groups is 1. The predicted molar refractivity (Wildman–Crippen MR) is 100 cm³/mol. The molecule has 0 aliphatic carbocycles. The van der Waals surface area contributed by atoms with Crippen molar-refractivity contribution in [2.24, 2.45) is 10.4 Å². The molecule has 2 aliphatic rings. The van der Waals surface area contributed by atoms with Crippen LogP contribution >= 0.6 is 39.9 Å². The molecule has 1 unspecified atom stereocenters. The van der Waals surface area contributed by atoms with Crippen molar-refractivity contribution in [2.75, 3.05) is 32.7 Å². The fourth-order valence-corrected chi connectivity index (χ4v) is 3.14. The van der Waals surface area contributed by atoms with Crippen LogP contribution in [0.15, 0.2) is 16.1 Å². The molecule has 2 saturated heterocycles. The molecule has 0 aromatic carbocycles. The van der Waals surface area contributed by atoms with E-state index in [9.17, 15) is 4.79 Å². The Balaban J connectivity index is 0.00000220. The van der Waals surface area contributed by atoms with Gasteiger partial charge >= 0.3 is 0 Å². The van der Waals surface area contributed by atoms with E-state index in [4.69, 9.17) is 0 Å². The number of carbonyl (C=O) groups excluding carboxylic acids is 1. The molecule has 0 saturated carbocycles. The molecule has 2 fully saturated rings. The predicted octanol–water partition coefficient (Wildman–Crippen LogP) is 2.08. The Kier molecular flexibility index (Phi) is 7.46.